The fourth-order valence-corrected chi connectivity index (χ4v) is 4.82. The number of nitrogens with zero attached hydrogens (tertiary/aromatic N) is 2. The number of hydrogen-bond acceptors (Lipinski definition) is 6. The lowest BCUT2D eigenvalue weighted by Gasteiger charge is -2.10. The third kappa shape index (κ3) is 4.29. The number of carbonyl (C=O) groups excluding carboxylic acids is 1. The van der Waals surface area contributed by atoms with Gasteiger partial charge >= 0.3 is 0 Å². The first-order valence-corrected chi connectivity index (χ1v) is 9.72. The van der Waals surface area contributed by atoms with E-state index in [-0.39, 0.29) is 17.4 Å². The molecule has 120 valence electrons. The van der Waals surface area contributed by atoms with E-state index in [1.807, 2.05) is 18.2 Å². The molecule has 1 amide bonds. The van der Waals surface area contributed by atoms with Crippen molar-refractivity contribution in [1.82, 2.24) is 9.97 Å². The topological polar surface area (TPSA) is 89.0 Å². The van der Waals surface area contributed by atoms with Crippen LogP contribution in [0.5, 0.6) is 0 Å². The molecule has 8 heteroatoms. The highest BCUT2D eigenvalue weighted by molar-refractivity contribution is 7.99. The van der Waals surface area contributed by atoms with Gasteiger partial charge in [0.05, 0.1) is 17.4 Å². The van der Waals surface area contributed by atoms with Gasteiger partial charge in [0.1, 0.15) is 10.1 Å². The lowest BCUT2D eigenvalue weighted by atomic mass is 10.1. The molecule has 1 fully saturated rings. The summed E-state index contributed by atoms with van der Waals surface area (Å²) in [6.45, 7) is 0. The molecule has 0 spiro atoms. The Labute approximate surface area is 138 Å². The highest BCUT2D eigenvalue weighted by Gasteiger charge is 2.32. The summed E-state index contributed by atoms with van der Waals surface area (Å²) in [7, 11) is -3.07. The molecule has 0 saturated carbocycles. The van der Waals surface area contributed by atoms with Crippen LogP contribution in [-0.4, -0.2) is 35.8 Å². The number of aromatic nitrogens is 2. The van der Waals surface area contributed by atoms with Crippen LogP contribution in [0, 0.1) is 5.92 Å². The van der Waals surface area contributed by atoms with Crippen molar-refractivity contribution in [2.45, 2.75) is 16.5 Å². The minimum absolute atomic E-state index is 0.0700. The van der Waals surface area contributed by atoms with Gasteiger partial charge in [0.2, 0.25) is 5.91 Å². The molecule has 6 nitrogen and oxygen atoms in total. The predicted molar refractivity (Wildman–Crippen MR) is 88.0 cm³/mol. The van der Waals surface area contributed by atoms with E-state index in [1.54, 1.807) is 24.5 Å². The van der Waals surface area contributed by atoms with E-state index in [4.69, 9.17) is 0 Å². The minimum atomic E-state index is -3.07. The number of rotatable bonds is 4. The van der Waals surface area contributed by atoms with Gasteiger partial charge in [-0.25, -0.2) is 18.4 Å². The maximum atomic E-state index is 12.2. The number of hydrogen-bond donors (Lipinski definition) is 1. The van der Waals surface area contributed by atoms with Crippen molar-refractivity contribution in [3.63, 3.8) is 0 Å². The molecule has 1 atom stereocenters. The summed E-state index contributed by atoms with van der Waals surface area (Å²) in [5.41, 5.74) is 0.604. The van der Waals surface area contributed by atoms with Crippen LogP contribution >= 0.6 is 11.8 Å². The van der Waals surface area contributed by atoms with E-state index in [1.165, 1.54) is 11.8 Å². The van der Waals surface area contributed by atoms with E-state index in [0.29, 0.717) is 17.1 Å². The van der Waals surface area contributed by atoms with Crippen LogP contribution in [0.2, 0.25) is 0 Å². The summed E-state index contributed by atoms with van der Waals surface area (Å²) >= 11 is 1.39. The normalized spacial score (nSPS) is 19.4. The van der Waals surface area contributed by atoms with E-state index < -0.39 is 15.8 Å². The zero-order valence-corrected chi connectivity index (χ0v) is 13.8. The highest BCUT2D eigenvalue weighted by Crippen LogP contribution is 2.26. The first-order valence-electron chi connectivity index (χ1n) is 7.08. The standard InChI is InChI=1S/C15H15N3O3S2/c19-15(11-5-8-23(20,21)10-11)18-12-4-7-17-14(9-12)22-13-3-1-2-6-16-13/h1-4,6-7,9,11H,5,8,10H2,(H,17,18,19)/t11-/m1/s1. The summed E-state index contributed by atoms with van der Waals surface area (Å²) < 4.78 is 22.9. The molecule has 1 aliphatic rings. The second-order valence-electron chi connectivity index (χ2n) is 5.24. The smallest absolute Gasteiger partial charge is 0.228 e. The first kappa shape index (κ1) is 15.9. The zero-order valence-electron chi connectivity index (χ0n) is 12.2. The van der Waals surface area contributed by atoms with Crippen LogP contribution in [0.1, 0.15) is 6.42 Å². The Morgan fingerprint density at radius 2 is 2.00 bits per heavy atom. The van der Waals surface area contributed by atoms with Gasteiger partial charge in [-0.3, -0.25) is 4.79 Å². The van der Waals surface area contributed by atoms with Gasteiger partial charge in [-0.15, -0.1) is 0 Å². The second kappa shape index (κ2) is 6.67. The molecule has 2 aromatic heterocycles. The highest BCUT2D eigenvalue weighted by atomic mass is 32.2. The SMILES string of the molecule is O=C(Nc1ccnc(Sc2ccccn2)c1)[C@@H]1CCS(=O)(=O)C1. The lowest BCUT2D eigenvalue weighted by molar-refractivity contribution is -0.119. The molecule has 1 N–H and O–H groups in total. The van der Waals surface area contributed by atoms with Gasteiger partial charge in [0, 0.05) is 18.1 Å². The van der Waals surface area contributed by atoms with Crippen LogP contribution in [0.4, 0.5) is 5.69 Å². The minimum Gasteiger partial charge on any atom is -0.326 e. The number of amides is 1. The van der Waals surface area contributed by atoms with Gasteiger partial charge < -0.3 is 5.32 Å². The fourth-order valence-electron chi connectivity index (χ4n) is 2.30. The largest absolute Gasteiger partial charge is 0.326 e. The Kier molecular flexibility index (Phi) is 4.63. The summed E-state index contributed by atoms with van der Waals surface area (Å²) in [5, 5.41) is 4.29. The van der Waals surface area contributed by atoms with E-state index in [9.17, 15) is 13.2 Å². The molecule has 0 bridgehead atoms. The van der Waals surface area contributed by atoms with Crippen molar-refractivity contribution < 1.29 is 13.2 Å². The van der Waals surface area contributed by atoms with Crippen molar-refractivity contribution in [2.75, 3.05) is 16.8 Å². The summed E-state index contributed by atoms with van der Waals surface area (Å²) in [6, 6.07) is 9.04. The second-order valence-corrected chi connectivity index (χ2v) is 8.51. The maximum Gasteiger partial charge on any atom is 0.228 e. The Balaban J connectivity index is 1.67. The zero-order chi connectivity index (χ0) is 16.3. The monoisotopic (exact) mass is 349 g/mol. The maximum absolute atomic E-state index is 12.2. The first-order chi connectivity index (χ1) is 11.0. The van der Waals surface area contributed by atoms with Crippen LogP contribution in [-0.2, 0) is 14.6 Å². The van der Waals surface area contributed by atoms with Crippen molar-refractivity contribution in [3.8, 4) is 0 Å². The van der Waals surface area contributed by atoms with Gasteiger partial charge in [0.25, 0.3) is 0 Å². The summed E-state index contributed by atoms with van der Waals surface area (Å²) in [6.07, 6.45) is 3.69. The Morgan fingerprint density at radius 3 is 2.70 bits per heavy atom. The predicted octanol–water partition coefficient (Wildman–Crippen LogP) is 2.00. The average Bonchev–Trinajstić information content (AvgIpc) is 2.89. The molecule has 2 aromatic rings. The van der Waals surface area contributed by atoms with E-state index >= 15 is 0 Å². The van der Waals surface area contributed by atoms with Gasteiger partial charge in [-0.05, 0) is 30.7 Å². The van der Waals surface area contributed by atoms with Crippen LogP contribution in [0.25, 0.3) is 0 Å². The number of nitrogens with one attached hydrogen (secondary N) is 1. The quantitative estimate of drug-likeness (QED) is 0.908. The van der Waals surface area contributed by atoms with Crippen LogP contribution in [0.15, 0.2) is 52.8 Å². The van der Waals surface area contributed by atoms with Gasteiger partial charge in [-0.2, -0.15) is 0 Å². The lowest BCUT2D eigenvalue weighted by Crippen LogP contribution is -2.23. The number of pyridine rings is 2. The third-order valence-electron chi connectivity index (χ3n) is 3.45. The van der Waals surface area contributed by atoms with Crippen LogP contribution in [0.3, 0.4) is 0 Å². The molecule has 3 rings (SSSR count). The molecular formula is C15H15N3O3S2. The Hall–Kier alpha value is -1.93. The number of anilines is 1. The van der Waals surface area contributed by atoms with Gasteiger partial charge in [-0.1, -0.05) is 17.8 Å². The van der Waals surface area contributed by atoms with E-state index in [0.717, 1.165) is 5.03 Å². The summed E-state index contributed by atoms with van der Waals surface area (Å²) in [5.74, 6) is -0.715. The number of sulfone groups is 1. The Bertz CT molecular complexity index is 810. The molecule has 0 aliphatic carbocycles. The molecule has 3 heterocycles. The van der Waals surface area contributed by atoms with Crippen molar-refractivity contribution in [3.05, 3.63) is 42.7 Å². The Morgan fingerprint density at radius 1 is 1.17 bits per heavy atom. The van der Waals surface area contributed by atoms with E-state index in [2.05, 4.69) is 15.3 Å². The molecule has 0 aromatic carbocycles. The third-order valence-corrected chi connectivity index (χ3v) is 6.10. The molecule has 0 radical (unpaired) electrons. The van der Waals surface area contributed by atoms with Crippen molar-refractivity contribution >= 4 is 33.2 Å². The molecule has 0 unspecified atom stereocenters. The molecular weight excluding hydrogens is 334 g/mol. The summed E-state index contributed by atoms with van der Waals surface area (Å²) in [4.78, 5) is 20.6. The van der Waals surface area contributed by atoms with Crippen molar-refractivity contribution in [1.29, 1.82) is 0 Å². The molecule has 1 saturated heterocycles. The molecule has 1 aliphatic heterocycles. The molecule has 23 heavy (non-hydrogen) atoms. The van der Waals surface area contributed by atoms with Gasteiger partial charge in [0.15, 0.2) is 9.84 Å². The van der Waals surface area contributed by atoms with Crippen LogP contribution < -0.4 is 5.32 Å². The number of carbonyl (C=O) groups is 1. The average molecular weight is 349 g/mol. The van der Waals surface area contributed by atoms with Crippen molar-refractivity contribution in [2.24, 2.45) is 5.92 Å². The fraction of sp³-hybridized carbons (Fsp3) is 0.267.